The number of Topliss-reactive ketones (excluding diaryl/α,β-unsaturated/α-hetero) is 1. The number of carbonyl (C=O) groups excluding carboxylic acids is 1. The molecule has 1 N–H and O–H groups in total. The van der Waals surface area contributed by atoms with E-state index >= 15 is 0 Å². The summed E-state index contributed by atoms with van der Waals surface area (Å²) in [6.45, 7) is 0. The topological polar surface area (TPSA) is 71.4 Å². The van der Waals surface area contributed by atoms with Gasteiger partial charge in [0.1, 0.15) is 5.78 Å². The second-order valence-corrected chi connectivity index (χ2v) is 4.47. The van der Waals surface area contributed by atoms with Crippen molar-refractivity contribution < 1.29 is 17.8 Å². The van der Waals surface area contributed by atoms with E-state index in [1.807, 2.05) is 0 Å². The van der Waals surface area contributed by atoms with Crippen molar-refractivity contribution in [1.29, 1.82) is 0 Å². The Morgan fingerprint density at radius 3 is 2.33 bits per heavy atom. The van der Waals surface area contributed by atoms with Gasteiger partial charge in [0.05, 0.1) is 5.25 Å². The third-order valence-electron chi connectivity index (χ3n) is 1.86. The Balaban J connectivity index is 0.00000121. The van der Waals surface area contributed by atoms with E-state index in [2.05, 4.69) is 0 Å². The summed E-state index contributed by atoms with van der Waals surface area (Å²) in [5.41, 5.74) is 0. The molecule has 0 amide bonds. The van der Waals surface area contributed by atoms with Crippen LogP contribution in [0, 0.1) is 0 Å². The molecule has 1 saturated carbocycles. The molecule has 1 unspecified atom stereocenters. The molecule has 1 rings (SSSR count). The number of hydrogen-bond acceptors (Lipinski definition) is 3. The molecule has 66 valence electrons. The van der Waals surface area contributed by atoms with E-state index in [4.69, 9.17) is 4.55 Å². The van der Waals surface area contributed by atoms with Crippen molar-refractivity contribution in [3.05, 3.63) is 0 Å². The molecule has 0 radical (unpaired) electrons. The Kier molecular flexibility index (Phi) is 4.94. The van der Waals surface area contributed by atoms with Crippen LogP contribution in [-0.2, 0) is 14.9 Å². The van der Waals surface area contributed by atoms with Gasteiger partial charge in [-0.1, -0.05) is 0 Å². The van der Waals surface area contributed by atoms with Crippen LogP contribution in [0.1, 0.15) is 25.7 Å². The zero-order valence-corrected chi connectivity index (χ0v) is 6.80. The van der Waals surface area contributed by atoms with Crippen LogP contribution in [0.3, 0.4) is 0 Å². The number of hydrogen-bond donors (Lipinski definition) is 1. The van der Waals surface area contributed by atoms with E-state index in [9.17, 15) is 13.2 Å². The van der Waals surface area contributed by atoms with E-state index < -0.39 is 15.4 Å². The molecule has 4 nitrogen and oxygen atoms in total. The summed E-state index contributed by atoms with van der Waals surface area (Å²) in [5.74, 6) is -0.0705. The van der Waals surface area contributed by atoms with Crippen LogP contribution in [0.25, 0.3) is 0 Å². The zero-order chi connectivity index (χ0) is 8.48. The summed E-state index contributed by atoms with van der Waals surface area (Å²) in [7, 11) is -3.98. The predicted octanol–water partition coefficient (Wildman–Crippen LogP) is -0.263. The Bertz CT molecular complexity index is 259. The van der Waals surface area contributed by atoms with Crippen LogP contribution in [0.4, 0.5) is 0 Å². The predicted molar refractivity (Wildman–Crippen MR) is 46.0 cm³/mol. The first-order chi connectivity index (χ1) is 5.00. The van der Waals surface area contributed by atoms with E-state index in [0.717, 1.165) is 0 Å². The van der Waals surface area contributed by atoms with Gasteiger partial charge in [0, 0.05) is 12.8 Å². The van der Waals surface area contributed by atoms with Crippen LogP contribution in [-0.4, -0.2) is 53.6 Å². The fraction of sp³-hybridized carbons (Fsp3) is 0.833. The Morgan fingerprint density at radius 1 is 1.42 bits per heavy atom. The van der Waals surface area contributed by atoms with E-state index in [0.29, 0.717) is 19.3 Å². The molecule has 0 aromatic heterocycles. The molecule has 0 heterocycles. The third kappa shape index (κ3) is 3.53. The Morgan fingerprint density at radius 2 is 2.00 bits per heavy atom. The second-order valence-electron chi connectivity index (χ2n) is 2.77. The molecule has 12 heavy (non-hydrogen) atoms. The van der Waals surface area contributed by atoms with Crippen molar-refractivity contribution in [2.45, 2.75) is 30.9 Å². The van der Waals surface area contributed by atoms with E-state index in [1.165, 1.54) is 0 Å². The van der Waals surface area contributed by atoms with Crippen molar-refractivity contribution >= 4 is 45.5 Å². The molecule has 1 aliphatic rings. The van der Waals surface area contributed by atoms with Crippen molar-refractivity contribution in [1.82, 2.24) is 0 Å². The van der Waals surface area contributed by atoms with Crippen LogP contribution in [0.5, 0.6) is 0 Å². The summed E-state index contributed by atoms with van der Waals surface area (Å²) in [6.07, 6.45) is 1.42. The van der Waals surface area contributed by atoms with Gasteiger partial charge in [-0.3, -0.25) is 9.35 Å². The first-order valence-corrected chi connectivity index (χ1v) is 4.98. The molecular formula is C6H11NaO4S. The van der Waals surface area contributed by atoms with Gasteiger partial charge in [-0.15, -0.1) is 0 Å². The first kappa shape index (κ1) is 12.6. The quantitative estimate of drug-likeness (QED) is 0.469. The van der Waals surface area contributed by atoms with Crippen LogP contribution < -0.4 is 0 Å². The summed E-state index contributed by atoms with van der Waals surface area (Å²) in [4.78, 5) is 10.7. The molecule has 0 aromatic rings. The number of rotatable bonds is 1. The third-order valence-corrected chi connectivity index (χ3v) is 3.10. The van der Waals surface area contributed by atoms with Gasteiger partial charge >= 0.3 is 29.6 Å². The second kappa shape index (κ2) is 4.72. The number of carbonyl (C=O) groups is 1. The van der Waals surface area contributed by atoms with Crippen LogP contribution in [0.15, 0.2) is 0 Å². The standard InChI is InChI=1S/C6H10O4S.Na.H/c7-5-2-1-3-6(4-5)11(8,9)10;;/h6H,1-4H2,(H,8,9,10);;. The van der Waals surface area contributed by atoms with Crippen molar-refractivity contribution in [2.24, 2.45) is 0 Å². The van der Waals surface area contributed by atoms with Crippen LogP contribution in [0.2, 0.25) is 0 Å². The fourth-order valence-electron chi connectivity index (χ4n) is 1.24. The van der Waals surface area contributed by atoms with E-state index in [-0.39, 0.29) is 41.8 Å². The summed E-state index contributed by atoms with van der Waals surface area (Å²) >= 11 is 0. The average molecular weight is 202 g/mol. The maximum atomic E-state index is 10.7. The van der Waals surface area contributed by atoms with Gasteiger partial charge in [-0.25, -0.2) is 0 Å². The molecule has 1 fully saturated rings. The Labute approximate surface area is 93.8 Å². The first-order valence-electron chi connectivity index (χ1n) is 3.48. The van der Waals surface area contributed by atoms with Gasteiger partial charge in [-0.05, 0) is 12.8 Å². The molecule has 0 spiro atoms. The fourth-order valence-corrected chi connectivity index (χ4v) is 2.10. The van der Waals surface area contributed by atoms with Gasteiger partial charge in [0.15, 0.2) is 0 Å². The van der Waals surface area contributed by atoms with Crippen molar-refractivity contribution in [2.75, 3.05) is 0 Å². The molecule has 1 aliphatic carbocycles. The molecular weight excluding hydrogens is 191 g/mol. The van der Waals surface area contributed by atoms with Gasteiger partial charge in [-0.2, -0.15) is 8.42 Å². The molecule has 6 heteroatoms. The molecule has 0 bridgehead atoms. The SMILES string of the molecule is O=C1CCCC(S(=O)(=O)O)C1.[NaH]. The molecule has 0 aromatic carbocycles. The summed E-state index contributed by atoms with van der Waals surface area (Å²) in [5, 5.41) is -0.844. The van der Waals surface area contributed by atoms with Crippen LogP contribution >= 0.6 is 0 Å². The Hall–Kier alpha value is 0.580. The summed E-state index contributed by atoms with van der Waals surface area (Å²) in [6, 6.07) is 0. The van der Waals surface area contributed by atoms with E-state index in [1.54, 1.807) is 0 Å². The molecule has 1 atom stereocenters. The molecule has 0 saturated heterocycles. The monoisotopic (exact) mass is 202 g/mol. The maximum absolute atomic E-state index is 10.7. The summed E-state index contributed by atoms with van der Waals surface area (Å²) < 4.78 is 29.7. The number of ketones is 1. The normalized spacial score (nSPS) is 24.8. The minimum atomic E-state index is -3.98. The van der Waals surface area contributed by atoms with Gasteiger partial charge in [0.2, 0.25) is 0 Å². The zero-order valence-electron chi connectivity index (χ0n) is 5.99. The minimum absolute atomic E-state index is 0. The molecule has 0 aliphatic heterocycles. The average Bonchev–Trinajstić information content (AvgIpc) is 1.86. The van der Waals surface area contributed by atoms with Crippen molar-refractivity contribution in [3.8, 4) is 0 Å². The van der Waals surface area contributed by atoms with Gasteiger partial charge in [0.25, 0.3) is 10.1 Å². The van der Waals surface area contributed by atoms with Gasteiger partial charge < -0.3 is 0 Å². The van der Waals surface area contributed by atoms with Crippen molar-refractivity contribution in [3.63, 3.8) is 0 Å².